The van der Waals surface area contributed by atoms with Crippen LogP contribution in [-0.2, 0) is 5.41 Å². The van der Waals surface area contributed by atoms with E-state index in [0.29, 0.717) is 0 Å². The third-order valence-corrected chi connectivity index (χ3v) is 11.0. The van der Waals surface area contributed by atoms with Gasteiger partial charge in [0, 0.05) is 32.9 Å². The molecule has 54 heavy (non-hydrogen) atoms. The first kappa shape index (κ1) is 32.0. The Morgan fingerprint density at radius 1 is 0.296 bits per heavy atom. The van der Waals surface area contributed by atoms with Crippen molar-refractivity contribution in [2.75, 3.05) is 0 Å². The van der Waals surface area contributed by atoms with Crippen LogP contribution in [0.25, 0.3) is 88.4 Å². The molecular weight excluding hydrogens is 653 g/mol. The zero-order chi connectivity index (χ0) is 36.4. The predicted molar refractivity (Wildman–Crippen MR) is 230 cm³/mol. The average Bonchev–Trinajstić information content (AvgIpc) is 3.74. The summed E-state index contributed by atoms with van der Waals surface area (Å²) < 4.78 is 4.92. The number of rotatable bonds is 5. The monoisotopic (exact) mass is 692 g/mol. The van der Waals surface area contributed by atoms with E-state index in [2.05, 4.69) is 218 Å². The van der Waals surface area contributed by atoms with Gasteiger partial charge in [0.1, 0.15) is 0 Å². The number of nitrogens with zero attached hydrogens (tertiary/aromatic N) is 2. The summed E-state index contributed by atoms with van der Waals surface area (Å²) in [4.78, 5) is 0. The second kappa shape index (κ2) is 12.5. The molecule has 0 amide bonds. The van der Waals surface area contributed by atoms with E-state index in [0.717, 1.165) is 16.9 Å². The van der Waals surface area contributed by atoms with E-state index in [1.54, 1.807) is 0 Å². The Morgan fingerprint density at radius 2 is 0.667 bits per heavy atom. The van der Waals surface area contributed by atoms with Crippen molar-refractivity contribution >= 4 is 43.6 Å². The Morgan fingerprint density at radius 3 is 1.13 bits per heavy atom. The van der Waals surface area contributed by atoms with Crippen LogP contribution in [0.2, 0.25) is 0 Å². The van der Waals surface area contributed by atoms with Gasteiger partial charge >= 0.3 is 0 Å². The van der Waals surface area contributed by atoms with Crippen molar-refractivity contribution in [1.29, 1.82) is 0 Å². The molecule has 0 aliphatic heterocycles. The van der Waals surface area contributed by atoms with Crippen molar-refractivity contribution < 1.29 is 0 Å². The highest BCUT2D eigenvalue weighted by molar-refractivity contribution is 6.11. The first-order valence-electron chi connectivity index (χ1n) is 18.8. The maximum atomic E-state index is 2.47. The van der Waals surface area contributed by atoms with Gasteiger partial charge in [0.25, 0.3) is 0 Å². The van der Waals surface area contributed by atoms with Gasteiger partial charge < -0.3 is 9.13 Å². The van der Waals surface area contributed by atoms with Gasteiger partial charge in [-0.2, -0.15) is 0 Å². The van der Waals surface area contributed by atoms with Crippen LogP contribution >= 0.6 is 0 Å². The van der Waals surface area contributed by atoms with Crippen molar-refractivity contribution in [2.45, 2.75) is 26.2 Å². The molecule has 10 aromatic rings. The number of fused-ring (bicyclic) bond motifs is 6. The summed E-state index contributed by atoms with van der Waals surface area (Å²) in [5, 5.41) is 5.05. The maximum absolute atomic E-state index is 2.47. The Kier molecular flexibility index (Phi) is 7.42. The highest BCUT2D eigenvalue weighted by Crippen LogP contribution is 2.40. The molecule has 0 saturated carbocycles. The molecule has 2 nitrogen and oxygen atoms in total. The predicted octanol–water partition coefficient (Wildman–Crippen LogP) is 14.2. The molecule has 2 heteroatoms. The summed E-state index contributed by atoms with van der Waals surface area (Å²) in [5.74, 6) is 0. The summed E-state index contributed by atoms with van der Waals surface area (Å²) >= 11 is 0. The van der Waals surface area contributed by atoms with Crippen molar-refractivity contribution in [2.24, 2.45) is 0 Å². The first-order chi connectivity index (χ1) is 26.4. The molecule has 0 fully saturated rings. The van der Waals surface area contributed by atoms with Gasteiger partial charge in [0.2, 0.25) is 0 Å². The van der Waals surface area contributed by atoms with Crippen molar-refractivity contribution in [3.63, 3.8) is 0 Å². The van der Waals surface area contributed by atoms with Gasteiger partial charge in [-0.15, -0.1) is 0 Å². The van der Waals surface area contributed by atoms with Crippen LogP contribution in [0, 0.1) is 0 Å². The zero-order valence-electron chi connectivity index (χ0n) is 30.8. The summed E-state index contributed by atoms with van der Waals surface area (Å²) in [7, 11) is 0. The Bertz CT molecular complexity index is 2900. The van der Waals surface area contributed by atoms with Gasteiger partial charge in [-0.25, -0.2) is 0 Å². The lowest BCUT2D eigenvalue weighted by atomic mass is 9.86. The number of benzene rings is 8. The molecule has 0 radical (unpaired) electrons. The topological polar surface area (TPSA) is 9.86 Å². The third kappa shape index (κ3) is 5.33. The minimum Gasteiger partial charge on any atom is -0.309 e. The van der Waals surface area contributed by atoms with Gasteiger partial charge in [-0.1, -0.05) is 142 Å². The van der Waals surface area contributed by atoms with Crippen LogP contribution in [-0.4, -0.2) is 9.13 Å². The molecule has 0 spiro atoms. The normalized spacial score (nSPS) is 12.0. The zero-order valence-corrected chi connectivity index (χ0v) is 30.8. The molecule has 0 unspecified atom stereocenters. The minimum absolute atomic E-state index is 0.0429. The fourth-order valence-electron chi connectivity index (χ4n) is 8.33. The van der Waals surface area contributed by atoms with Crippen LogP contribution < -0.4 is 0 Å². The van der Waals surface area contributed by atoms with E-state index < -0.39 is 0 Å². The number of hydrogen-bond donors (Lipinski definition) is 0. The van der Waals surface area contributed by atoms with E-state index in [1.165, 1.54) is 77.0 Å². The molecule has 258 valence electrons. The van der Waals surface area contributed by atoms with Crippen molar-refractivity contribution in [3.05, 3.63) is 194 Å². The summed E-state index contributed by atoms with van der Waals surface area (Å²) in [6, 6.07) is 69.2. The van der Waals surface area contributed by atoms with E-state index in [1.807, 2.05) is 0 Å². The standard InChI is InChI=1S/C52H40N2/c1-52(2,3)41-26-27-51-47(33-41)46-22-12-15-25-50(46)54(51)43-32-40(31-42(34-43)53-48-23-13-10-20-44(48)45-21-11-14-24-49(45)53)39-29-37(35-16-6-4-7-17-35)28-38(30-39)36-18-8-5-9-19-36/h4-34H,1-3H3. The summed E-state index contributed by atoms with van der Waals surface area (Å²) in [5.41, 5.74) is 15.6. The number of hydrogen-bond acceptors (Lipinski definition) is 0. The van der Waals surface area contributed by atoms with Crippen LogP contribution in [0.5, 0.6) is 0 Å². The quantitative estimate of drug-likeness (QED) is 0.170. The van der Waals surface area contributed by atoms with E-state index >= 15 is 0 Å². The van der Waals surface area contributed by atoms with E-state index in [-0.39, 0.29) is 5.41 Å². The molecule has 10 rings (SSSR count). The second-order valence-electron chi connectivity index (χ2n) is 15.5. The lowest BCUT2D eigenvalue weighted by Crippen LogP contribution is -2.10. The summed E-state index contributed by atoms with van der Waals surface area (Å²) in [6.45, 7) is 6.88. The van der Waals surface area contributed by atoms with Gasteiger partial charge in [-0.05, 0) is 111 Å². The molecule has 0 aliphatic carbocycles. The van der Waals surface area contributed by atoms with Crippen LogP contribution in [0.15, 0.2) is 188 Å². The molecule has 2 heterocycles. The smallest absolute Gasteiger partial charge is 0.0541 e. The second-order valence-corrected chi connectivity index (χ2v) is 15.5. The van der Waals surface area contributed by atoms with Gasteiger partial charge in [-0.3, -0.25) is 0 Å². The van der Waals surface area contributed by atoms with Crippen LogP contribution in [0.4, 0.5) is 0 Å². The maximum Gasteiger partial charge on any atom is 0.0541 e. The lowest BCUT2D eigenvalue weighted by Gasteiger charge is -2.19. The van der Waals surface area contributed by atoms with E-state index in [9.17, 15) is 0 Å². The molecule has 0 N–H and O–H groups in total. The Balaban J connectivity index is 1.31. The minimum atomic E-state index is 0.0429. The van der Waals surface area contributed by atoms with Gasteiger partial charge in [0.15, 0.2) is 0 Å². The Labute approximate surface area is 316 Å². The first-order valence-corrected chi connectivity index (χ1v) is 18.8. The summed E-state index contributed by atoms with van der Waals surface area (Å²) in [6.07, 6.45) is 0. The SMILES string of the molecule is CC(C)(C)c1ccc2c(c1)c1ccccc1n2-c1cc(-c2cc(-c3ccccc3)cc(-c3ccccc3)c2)cc(-n2c3ccccc3c3ccccc32)c1. The molecule has 0 aliphatic rings. The third-order valence-electron chi connectivity index (χ3n) is 11.0. The number of para-hydroxylation sites is 3. The molecule has 8 aromatic carbocycles. The van der Waals surface area contributed by atoms with Crippen molar-refractivity contribution in [3.8, 4) is 44.8 Å². The van der Waals surface area contributed by atoms with Crippen molar-refractivity contribution in [1.82, 2.24) is 9.13 Å². The number of aromatic nitrogens is 2. The lowest BCUT2D eigenvalue weighted by molar-refractivity contribution is 0.591. The van der Waals surface area contributed by atoms with Gasteiger partial charge in [0.05, 0.1) is 22.1 Å². The highest BCUT2D eigenvalue weighted by Gasteiger charge is 2.20. The molecule has 0 bridgehead atoms. The fourth-order valence-corrected chi connectivity index (χ4v) is 8.33. The molecule has 0 saturated heterocycles. The molecule has 0 atom stereocenters. The Hall–Kier alpha value is -6.64. The highest BCUT2D eigenvalue weighted by atomic mass is 15.0. The van der Waals surface area contributed by atoms with Crippen LogP contribution in [0.3, 0.4) is 0 Å². The largest absolute Gasteiger partial charge is 0.309 e. The average molecular weight is 693 g/mol. The molecular formula is C52H40N2. The molecule has 2 aromatic heterocycles. The van der Waals surface area contributed by atoms with Crippen LogP contribution in [0.1, 0.15) is 26.3 Å². The van der Waals surface area contributed by atoms with E-state index in [4.69, 9.17) is 0 Å². The fraction of sp³-hybridized carbons (Fsp3) is 0.0769.